The van der Waals surface area contributed by atoms with Crippen LogP contribution in [0, 0.1) is 0 Å². The second kappa shape index (κ2) is 7.93. The fourth-order valence-corrected chi connectivity index (χ4v) is 3.91. The van der Waals surface area contributed by atoms with Crippen molar-refractivity contribution in [1.82, 2.24) is 9.80 Å². The minimum absolute atomic E-state index is 0.161. The topological polar surface area (TPSA) is 32.5 Å². The second-order valence-electron chi connectivity index (χ2n) is 5.78. The lowest BCUT2D eigenvalue weighted by Gasteiger charge is -2.33. The van der Waals surface area contributed by atoms with Crippen LogP contribution in [0.1, 0.15) is 31.4 Å². The normalized spacial score (nSPS) is 21.1. The zero-order chi connectivity index (χ0) is 15.4. The van der Waals surface area contributed by atoms with Crippen molar-refractivity contribution in [2.75, 3.05) is 33.2 Å². The molecule has 0 spiro atoms. The Morgan fingerprint density at radius 1 is 1.52 bits per heavy atom. The second-order valence-corrected chi connectivity index (χ2v) is 7.10. The highest BCUT2D eigenvalue weighted by Crippen LogP contribution is 2.30. The molecule has 0 aliphatic carbocycles. The SMILES string of the molecule is CCN1CCCC1CN(C)C(CN)c1cc(Br)ccc1Cl. The van der Waals surface area contributed by atoms with Crippen LogP contribution in [0.2, 0.25) is 5.02 Å². The summed E-state index contributed by atoms with van der Waals surface area (Å²) >= 11 is 9.90. The van der Waals surface area contributed by atoms with Gasteiger partial charge in [0.15, 0.2) is 0 Å². The van der Waals surface area contributed by atoms with Crippen LogP contribution < -0.4 is 5.73 Å². The number of rotatable bonds is 6. The quantitative estimate of drug-likeness (QED) is 0.827. The van der Waals surface area contributed by atoms with Crippen LogP contribution >= 0.6 is 27.5 Å². The molecule has 1 aromatic rings. The number of halogens is 2. The van der Waals surface area contributed by atoms with Crippen molar-refractivity contribution in [2.24, 2.45) is 5.73 Å². The predicted octanol–water partition coefficient (Wildman–Crippen LogP) is 3.52. The summed E-state index contributed by atoms with van der Waals surface area (Å²) in [5.74, 6) is 0. The lowest BCUT2D eigenvalue weighted by Crippen LogP contribution is -2.41. The molecular formula is C16H25BrClN3. The third-order valence-corrected chi connectivity index (χ3v) is 5.31. The number of likely N-dealkylation sites (tertiary alicyclic amines) is 1. The maximum absolute atomic E-state index is 6.37. The van der Waals surface area contributed by atoms with Crippen molar-refractivity contribution in [2.45, 2.75) is 31.8 Å². The monoisotopic (exact) mass is 373 g/mol. The average molecular weight is 375 g/mol. The van der Waals surface area contributed by atoms with E-state index in [4.69, 9.17) is 17.3 Å². The molecular weight excluding hydrogens is 350 g/mol. The molecule has 1 heterocycles. The van der Waals surface area contributed by atoms with Gasteiger partial charge in [-0.2, -0.15) is 0 Å². The van der Waals surface area contributed by atoms with Gasteiger partial charge in [0.2, 0.25) is 0 Å². The van der Waals surface area contributed by atoms with E-state index >= 15 is 0 Å². The molecule has 0 saturated carbocycles. The number of likely N-dealkylation sites (N-methyl/N-ethyl adjacent to an activating group) is 2. The molecule has 1 aromatic carbocycles. The summed E-state index contributed by atoms with van der Waals surface area (Å²) in [6.07, 6.45) is 2.58. The lowest BCUT2D eigenvalue weighted by atomic mass is 10.0. The van der Waals surface area contributed by atoms with Crippen molar-refractivity contribution >= 4 is 27.5 Å². The van der Waals surface area contributed by atoms with E-state index in [1.807, 2.05) is 12.1 Å². The molecule has 2 rings (SSSR count). The van der Waals surface area contributed by atoms with Gasteiger partial charge in [0.05, 0.1) is 0 Å². The van der Waals surface area contributed by atoms with Gasteiger partial charge in [-0.05, 0) is 56.7 Å². The van der Waals surface area contributed by atoms with Crippen LogP contribution in [0.15, 0.2) is 22.7 Å². The van der Waals surface area contributed by atoms with Crippen molar-refractivity contribution in [3.63, 3.8) is 0 Å². The first kappa shape index (κ1) is 17.2. The van der Waals surface area contributed by atoms with Crippen LogP contribution in [0.5, 0.6) is 0 Å². The van der Waals surface area contributed by atoms with E-state index in [1.165, 1.54) is 19.4 Å². The van der Waals surface area contributed by atoms with Crippen LogP contribution in [0.25, 0.3) is 0 Å². The third-order valence-electron chi connectivity index (χ3n) is 4.48. The molecule has 1 aliphatic rings. The highest BCUT2D eigenvalue weighted by Gasteiger charge is 2.27. The molecule has 2 N–H and O–H groups in total. The molecule has 2 atom stereocenters. The van der Waals surface area contributed by atoms with Gasteiger partial charge in [0, 0.05) is 34.7 Å². The minimum atomic E-state index is 0.161. The fraction of sp³-hybridized carbons (Fsp3) is 0.625. The van der Waals surface area contributed by atoms with E-state index in [0.29, 0.717) is 12.6 Å². The maximum Gasteiger partial charge on any atom is 0.0483 e. The van der Waals surface area contributed by atoms with E-state index in [1.54, 1.807) is 0 Å². The Bertz CT molecular complexity index is 469. The summed E-state index contributed by atoms with van der Waals surface area (Å²) in [6.45, 7) is 6.21. The van der Waals surface area contributed by atoms with Gasteiger partial charge in [-0.1, -0.05) is 34.5 Å². The molecule has 5 heteroatoms. The number of hydrogen-bond acceptors (Lipinski definition) is 3. The number of nitrogens with two attached hydrogens (primary N) is 1. The van der Waals surface area contributed by atoms with Gasteiger partial charge in [-0.3, -0.25) is 9.80 Å². The Balaban J connectivity index is 2.11. The predicted molar refractivity (Wildman–Crippen MR) is 93.8 cm³/mol. The molecule has 0 bridgehead atoms. The summed E-state index contributed by atoms with van der Waals surface area (Å²) in [5, 5.41) is 0.791. The maximum atomic E-state index is 6.37. The fourth-order valence-electron chi connectivity index (χ4n) is 3.29. The van der Waals surface area contributed by atoms with Crippen LogP contribution in [0.4, 0.5) is 0 Å². The molecule has 2 unspecified atom stereocenters. The van der Waals surface area contributed by atoms with Crippen molar-refractivity contribution in [3.05, 3.63) is 33.3 Å². The van der Waals surface area contributed by atoms with Gasteiger partial charge in [0.1, 0.15) is 0 Å². The first-order chi connectivity index (χ1) is 10.1. The number of benzene rings is 1. The zero-order valence-corrected chi connectivity index (χ0v) is 15.2. The van der Waals surface area contributed by atoms with E-state index in [9.17, 15) is 0 Å². The smallest absolute Gasteiger partial charge is 0.0483 e. The average Bonchev–Trinajstić information content (AvgIpc) is 2.90. The number of hydrogen-bond donors (Lipinski definition) is 1. The van der Waals surface area contributed by atoms with Gasteiger partial charge in [0.25, 0.3) is 0 Å². The Morgan fingerprint density at radius 2 is 2.29 bits per heavy atom. The minimum Gasteiger partial charge on any atom is -0.329 e. The molecule has 118 valence electrons. The van der Waals surface area contributed by atoms with Crippen molar-refractivity contribution in [1.29, 1.82) is 0 Å². The summed E-state index contributed by atoms with van der Waals surface area (Å²) in [7, 11) is 2.15. The summed E-state index contributed by atoms with van der Waals surface area (Å²) in [5.41, 5.74) is 7.15. The van der Waals surface area contributed by atoms with Gasteiger partial charge < -0.3 is 5.73 Å². The Kier molecular flexibility index (Phi) is 6.51. The van der Waals surface area contributed by atoms with Gasteiger partial charge in [-0.15, -0.1) is 0 Å². The van der Waals surface area contributed by atoms with Crippen LogP contribution in [0.3, 0.4) is 0 Å². The van der Waals surface area contributed by atoms with Crippen molar-refractivity contribution < 1.29 is 0 Å². The van der Waals surface area contributed by atoms with Gasteiger partial charge in [-0.25, -0.2) is 0 Å². The van der Waals surface area contributed by atoms with Crippen molar-refractivity contribution in [3.8, 4) is 0 Å². The first-order valence-electron chi connectivity index (χ1n) is 7.66. The summed E-state index contributed by atoms with van der Waals surface area (Å²) < 4.78 is 1.05. The largest absolute Gasteiger partial charge is 0.329 e. The summed E-state index contributed by atoms with van der Waals surface area (Å²) in [6, 6.07) is 6.79. The van der Waals surface area contributed by atoms with E-state index in [2.05, 4.69) is 45.8 Å². The zero-order valence-electron chi connectivity index (χ0n) is 12.9. The molecule has 0 amide bonds. The standard InChI is InChI=1S/C16H25BrClN3/c1-3-21-8-4-5-13(21)11-20(2)16(10-19)14-9-12(17)6-7-15(14)18/h6-7,9,13,16H,3-5,8,10-11,19H2,1-2H3. The molecule has 0 radical (unpaired) electrons. The molecule has 1 saturated heterocycles. The molecule has 1 fully saturated rings. The molecule has 21 heavy (non-hydrogen) atoms. The van der Waals surface area contributed by atoms with E-state index in [0.717, 1.165) is 28.1 Å². The Morgan fingerprint density at radius 3 is 2.95 bits per heavy atom. The Labute approximate surface area is 141 Å². The van der Waals surface area contributed by atoms with E-state index in [-0.39, 0.29) is 6.04 Å². The highest BCUT2D eigenvalue weighted by atomic mass is 79.9. The lowest BCUT2D eigenvalue weighted by molar-refractivity contribution is 0.166. The van der Waals surface area contributed by atoms with Gasteiger partial charge >= 0.3 is 0 Å². The summed E-state index contributed by atoms with van der Waals surface area (Å²) in [4.78, 5) is 4.92. The first-order valence-corrected chi connectivity index (χ1v) is 8.83. The van der Waals surface area contributed by atoms with E-state index < -0.39 is 0 Å². The number of nitrogens with zero attached hydrogens (tertiary/aromatic N) is 2. The Hall–Kier alpha value is -0.130. The van der Waals surface area contributed by atoms with Crippen LogP contribution in [-0.2, 0) is 0 Å². The molecule has 0 aromatic heterocycles. The molecule has 1 aliphatic heterocycles. The van der Waals surface area contributed by atoms with Crippen LogP contribution in [-0.4, -0.2) is 49.1 Å². The highest BCUT2D eigenvalue weighted by molar-refractivity contribution is 9.10. The third kappa shape index (κ3) is 4.20. The molecule has 3 nitrogen and oxygen atoms in total.